The molecule has 6 rings (SSSR count). The average Bonchev–Trinajstić information content (AvgIpc) is 3.27. The van der Waals surface area contributed by atoms with Crippen LogP contribution in [-0.2, 0) is 0 Å². The Hall–Kier alpha value is -5.36. The lowest BCUT2D eigenvalue weighted by molar-refractivity contribution is 0.367. The van der Waals surface area contributed by atoms with Crippen molar-refractivity contribution in [1.29, 1.82) is 5.26 Å². The fourth-order valence-corrected chi connectivity index (χ4v) is 4.43. The second kappa shape index (κ2) is 8.14. The van der Waals surface area contributed by atoms with Crippen molar-refractivity contribution in [2.75, 3.05) is 0 Å². The monoisotopic (exact) mass is 475 g/mol. The van der Waals surface area contributed by atoms with Gasteiger partial charge in [-0.2, -0.15) is 15.0 Å². The predicted molar refractivity (Wildman–Crippen MR) is 130 cm³/mol. The highest BCUT2D eigenvalue weighted by Crippen LogP contribution is 2.47. The number of phenols is 1. The van der Waals surface area contributed by atoms with E-state index in [0.717, 1.165) is 0 Å². The number of hydrogen-bond donors (Lipinski definition) is 2. The molecule has 0 saturated heterocycles. The molecule has 0 aliphatic carbocycles. The number of allylic oxidation sites excluding steroid dienone is 1. The van der Waals surface area contributed by atoms with Crippen LogP contribution in [0.5, 0.6) is 11.6 Å². The van der Waals surface area contributed by atoms with Gasteiger partial charge < -0.3 is 20.0 Å². The van der Waals surface area contributed by atoms with Crippen LogP contribution in [0, 0.1) is 11.3 Å². The topological polar surface area (TPSA) is 140 Å². The third kappa shape index (κ3) is 3.28. The average molecular weight is 475 g/mol. The number of aromatic nitrogens is 3. The molecule has 9 heteroatoms. The van der Waals surface area contributed by atoms with Crippen molar-refractivity contribution in [2.24, 2.45) is 5.73 Å². The summed E-state index contributed by atoms with van der Waals surface area (Å²) < 4.78 is 13.0. The molecule has 9 nitrogen and oxygen atoms in total. The van der Waals surface area contributed by atoms with Gasteiger partial charge >= 0.3 is 5.63 Å². The standard InChI is InChI=1S/C27H17N5O4/c28-13-20-22(16-5-4-10-30-14-16)23-24(19-11-15-8-9-18(33)12-21(15)35-27(19)34)31-32(26(23)36-25(20)29)17-6-2-1-3-7-17/h1-12,14,22,33H,29H2. The van der Waals surface area contributed by atoms with Crippen LogP contribution in [0.25, 0.3) is 27.9 Å². The molecule has 1 atom stereocenters. The molecule has 3 N–H and O–H groups in total. The number of hydrogen-bond acceptors (Lipinski definition) is 8. The van der Waals surface area contributed by atoms with Gasteiger partial charge in [0.05, 0.1) is 22.7 Å². The third-order valence-corrected chi connectivity index (χ3v) is 6.04. The molecule has 1 aliphatic heterocycles. The van der Waals surface area contributed by atoms with Gasteiger partial charge in [0.25, 0.3) is 0 Å². The molecule has 1 aliphatic rings. The fourth-order valence-electron chi connectivity index (χ4n) is 4.43. The smallest absolute Gasteiger partial charge is 0.345 e. The molecule has 0 saturated carbocycles. The lowest BCUT2D eigenvalue weighted by atomic mass is 9.84. The van der Waals surface area contributed by atoms with Crippen molar-refractivity contribution in [2.45, 2.75) is 5.92 Å². The van der Waals surface area contributed by atoms with E-state index in [1.807, 2.05) is 36.4 Å². The van der Waals surface area contributed by atoms with E-state index < -0.39 is 11.5 Å². The number of fused-ring (bicyclic) bond motifs is 2. The Balaban J connectivity index is 1.70. The fraction of sp³-hybridized carbons (Fsp3) is 0.0370. The number of nitrogens with zero attached hydrogens (tertiary/aromatic N) is 4. The number of nitrogens with two attached hydrogens (primary N) is 1. The molecule has 0 bridgehead atoms. The van der Waals surface area contributed by atoms with E-state index in [4.69, 9.17) is 20.0 Å². The first kappa shape index (κ1) is 21.2. The third-order valence-electron chi connectivity index (χ3n) is 6.04. The minimum atomic E-state index is -0.685. The van der Waals surface area contributed by atoms with Crippen molar-refractivity contribution in [1.82, 2.24) is 14.8 Å². The summed E-state index contributed by atoms with van der Waals surface area (Å²) in [7, 11) is 0. The summed E-state index contributed by atoms with van der Waals surface area (Å²) >= 11 is 0. The van der Waals surface area contributed by atoms with Gasteiger partial charge in [-0.05, 0) is 42.0 Å². The van der Waals surface area contributed by atoms with E-state index in [0.29, 0.717) is 22.2 Å². The minimum Gasteiger partial charge on any atom is -0.508 e. The predicted octanol–water partition coefficient (Wildman–Crippen LogP) is 3.96. The molecule has 3 aromatic heterocycles. The first-order valence-electron chi connectivity index (χ1n) is 11.0. The van der Waals surface area contributed by atoms with Gasteiger partial charge in [0.2, 0.25) is 11.8 Å². The number of rotatable bonds is 3. The van der Waals surface area contributed by atoms with Gasteiger partial charge in [-0.3, -0.25) is 4.98 Å². The van der Waals surface area contributed by atoms with Gasteiger partial charge in [0.15, 0.2) is 0 Å². The molecule has 1 unspecified atom stereocenters. The van der Waals surface area contributed by atoms with Crippen LogP contribution in [0.2, 0.25) is 0 Å². The van der Waals surface area contributed by atoms with E-state index in [1.54, 1.807) is 35.3 Å². The number of aromatic hydroxyl groups is 1. The van der Waals surface area contributed by atoms with Crippen LogP contribution in [-0.4, -0.2) is 19.9 Å². The van der Waals surface area contributed by atoms with Gasteiger partial charge in [0.1, 0.15) is 28.7 Å². The summed E-state index contributed by atoms with van der Waals surface area (Å²) in [4.78, 5) is 17.4. The van der Waals surface area contributed by atoms with E-state index in [1.165, 1.54) is 12.1 Å². The van der Waals surface area contributed by atoms with E-state index in [9.17, 15) is 15.2 Å². The van der Waals surface area contributed by atoms with Crippen molar-refractivity contribution in [3.8, 4) is 34.6 Å². The summed E-state index contributed by atoms with van der Waals surface area (Å²) in [6, 6.07) is 21.1. The second-order valence-corrected chi connectivity index (χ2v) is 8.20. The van der Waals surface area contributed by atoms with Crippen LogP contribution in [0.4, 0.5) is 0 Å². The quantitative estimate of drug-likeness (QED) is 0.374. The highest BCUT2D eigenvalue weighted by atomic mass is 16.5. The first-order valence-corrected chi connectivity index (χ1v) is 11.0. The van der Waals surface area contributed by atoms with Crippen LogP contribution in [0.15, 0.2) is 99.8 Å². The Kier molecular flexibility index (Phi) is 4.79. The molecule has 0 spiro atoms. The van der Waals surface area contributed by atoms with Gasteiger partial charge in [-0.1, -0.05) is 24.3 Å². The molecule has 0 fully saturated rings. The normalized spacial score (nSPS) is 14.8. The van der Waals surface area contributed by atoms with Gasteiger partial charge in [0, 0.05) is 23.8 Å². The largest absolute Gasteiger partial charge is 0.508 e. The number of benzene rings is 2. The Morgan fingerprint density at radius 2 is 1.92 bits per heavy atom. The number of nitriles is 1. The van der Waals surface area contributed by atoms with Crippen molar-refractivity contribution in [3.63, 3.8) is 0 Å². The Labute approximate surface area is 203 Å². The minimum absolute atomic E-state index is 0.0200. The zero-order valence-electron chi connectivity index (χ0n) is 18.6. The molecule has 5 aromatic rings. The van der Waals surface area contributed by atoms with Gasteiger partial charge in [-0.15, -0.1) is 0 Å². The highest BCUT2D eigenvalue weighted by molar-refractivity contribution is 5.83. The number of pyridine rings is 1. The zero-order valence-corrected chi connectivity index (χ0v) is 18.6. The van der Waals surface area contributed by atoms with E-state index in [2.05, 4.69) is 11.1 Å². The second-order valence-electron chi connectivity index (χ2n) is 8.20. The summed E-state index contributed by atoms with van der Waals surface area (Å²) in [6.07, 6.45) is 3.27. The maximum atomic E-state index is 13.2. The van der Waals surface area contributed by atoms with Crippen molar-refractivity contribution < 1.29 is 14.3 Å². The molecule has 4 heterocycles. The summed E-state index contributed by atoms with van der Waals surface area (Å²) in [5.74, 6) is -0.474. The van der Waals surface area contributed by atoms with E-state index in [-0.39, 0.29) is 39.9 Å². The maximum absolute atomic E-state index is 13.2. The van der Waals surface area contributed by atoms with E-state index >= 15 is 0 Å². The first-order chi connectivity index (χ1) is 17.5. The number of phenolic OH excluding ortho intramolecular Hbond substituents is 1. The summed E-state index contributed by atoms with van der Waals surface area (Å²) in [5.41, 5.74) is 8.29. The Morgan fingerprint density at radius 1 is 1.08 bits per heavy atom. The van der Waals surface area contributed by atoms with Crippen LogP contribution in [0.3, 0.4) is 0 Å². The van der Waals surface area contributed by atoms with Crippen LogP contribution in [0.1, 0.15) is 17.0 Å². The lowest BCUT2D eigenvalue weighted by Gasteiger charge is -2.24. The lowest BCUT2D eigenvalue weighted by Crippen LogP contribution is -2.22. The molecule has 2 aromatic carbocycles. The highest BCUT2D eigenvalue weighted by Gasteiger charge is 2.38. The zero-order chi connectivity index (χ0) is 24.8. The number of ether oxygens (including phenoxy) is 1. The Bertz CT molecular complexity index is 1770. The summed E-state index contributed by atoms with van der Waals surface area (Å²) in [5, 5.41) is 25.2. The number of para-hydroxylation sites is 1. The van der Waals surface area contributed by atoms with Crippen molar-refractivity contribution in [3.05, 3.63) is 112 Å². The molecule has 36 heavy (non-hydrogen) atoms. The molecular weight excluding hydrogens is 458 g/mol. The maximum Gasteiger partial charge on any atom is 0.345 e. The molecule has 174 valence electrons. The van der Waals surface area contributed by atoms with Gasteiger partial charge in [-0.25, -0.2) is 4.79 Å². The van der Waals surface area contributed by atoms with Crippen molar-refractivity contribution >= 4 is 11.0 Å². The van der Waals surface area contributed by atoms with Crippen LogP contribution < -0.4 is 16.1 Å². The molecule has 0 radical (unpaired) electrons. The molecular formula is C27H17N5O4. The summed E-state index contributed by atoms with van der Waals surface area (Å²) in [6.45, 7) is 0. The van der Waals surface area contributed by atoms with Crippen LogP contribution >= 0.6 is 0 Å². The molecule has 0 amide bonds. The Morgan fingerprint density at radius 3 is 2.67 bits per heavy atom. The SMILES string of the molecule is N#CC1=C(N)Oc2c(c(-c3cc4ccc(O)cc4oc3=O)nn2-c2ccccc2)C1c1cccnc1.